The van der Waals surface area contributed by atoms with E-state index in [2.05, 4.69) is 5.32 Å². The van der Waals surface area contributed by atoms with E-state index in [1.807, 2.05) is 0 Å². The molecule has 1 heterocycles. The van der Waals surface area contributed by atoms with Crippen LogP contribution in [-0.4, -0.2) is 62.1 Å². The van der Waals surface area contributed by atoms with E-state index in [9.17, 15) is 9.59 Å². The summed E-state index contributed by atoms with van der Waals surface area (Å²) < 4.78 is 5.52. The van der Waals surface area contributed by atoms with Gasteiger partial charge in [-0.25, -0.2) is 4.79 Å². The molecule has 1 aliphatic rings. The van der Waals surface area contributed by atoms with Crippen LogP contribution in [0.1, 0.15) is 23.2 Å². The Labute approximate surface area is 141 Å². The predicted octanol–water partition coefficient (Wildman–Crippen LogP) is 2.68. The van der Waals surface area contributed by atoms with E-state index >= 15 is 0 Å². The number of hydrogen-bond acceptors (Lipinski definition) is 3. The highest BCUT2D eigenvalue weighted by molar-refractivity contribution is 6.34. The molecule has 1 saturated heterocycles. The van der Waals surface area contributed by atoms with E-state index in [-0.39, 0.29) is 18.0 Å². The standard InChI is InChI=1S/C16H22ClN3O3/c1-19(2)15(21)13-7-6-11(9-14(13)17)18-16(22)20(3)10-12-5-4-8-23-12/h6-7,9,12H,4-5,8,10H2,1-3H3,(H,18,22). The lowest BCUT2D eigenvalue weighted by Crippen LogP contribution is -2.37. The van der Waals surface area contributed by atoms with Crippen LogP contribution in [0.5, 0.6) is 0 Å². The largest absolute Gasteiger partial charge is 0.376 e. The highest BCUT2D eigenvalue weighted by Crippen LogP contribution is 2.22. The molecule has 1 aromatic rings. The topological polar surface area (TPSA) is 61.9 Å². The summed E-state index contributed by atoms with van der Waals surface area (Å²) in [6.45, 7) is 1.31. The van der Waals surface area contributed by atoms with Gasteiger partial charge in [0.05, 0.1) is 16.7 Å². The maximum atomic E-state index is 12.2. The predicted molar refractivity (Wildman–Crippen MR) is 90.1 cm³/mol. The van der Waals surface area contributed by atoms with Crippen molar-refractivity contribution >= 4 is 29.2 Å². The smallest absolute Gasteiger partial charge is 0.321 e. The third-order valence-electron chi connectivity index (χ3n) is 3.71. The van der Waals surface area contributed by atoms with Crippen molar-refractivity contribution in [1.82, 2.24) is 9.80 Å². The highest BCUT2D eigenvalue weighted by atomic mass is 35.5. The Balaban J connectivity index is 1.98. The van der Waals surface area contributed by atoms with Gasteiger partial charge >= 0.3 is 6.03 Å². The molecule has 23 heavy (non-hydrogen) atoms. The molecule has 2 rings (SSSR count). The number of carbonyl (C=O) groups is 2. The first-order valence-electron chi connectivity index (χ1n) is 7.53. The molecule has 0 bridgehead atoms. The van der Waals surface area contributed by atoms with E-state index in [1.54, 1.807) is 44.2 Å². The summed E-state index contributed by atoms with van der Waals surface area (Å²) in [5.74, 6) is -0.177. The zero-order valence-corrected chi connectivity index (χ0v) is 14.4. The van der Waals surface area contributed by atoms with Crippen molar-refractivity contribution in [3.05, 3.63) is 28.8 Å². The van der Waals surface area contributed by atoms with Crippen molar-refractivity contribution in [3.8, 4) is 0 Å². The molecule has 0 spiro atoms. The van der Waals surface area contributed by atoms with Crippen LogP contribution < -0.4 is 5.32 Å². The molecule has 7 heteroatoms. The number of nitrogens with one attached hydrogen (secondary N) is 1. The molecular weight excluding hydrogens is 318 g/mol. The molecular formula is C16H22ClN3O3. The second kappa shape index (κ2) is 7.66. The Morgan fingerprint density at radius 1 is 1.35 bits per heavy atom. The zero-order valence-electron chi connectivity index (χ0n) is 13.6. The quantitative estimate of drug-likeness (QED) is 0.917. The fraction of sp³-hybridized carbons (Fsp3) is 0.500. The van der Waals surface area contributed by atoms with Crippen LogP contribution in [0.4, 0.5) is 10.5 Å². The molecule has 0 aliphatic carbocycles. The molecule has 1 aromatic carbocycles. The normalized spacial score (nSPS) is 17.0. The highest BCUT2D eigenvalue weighted by Gasteiger charge is 2.20. The van der Waals surface area contributed by atoms with Crippen LogP contribution >= 0.6 is 11.6 Å². The number of amides is 3. The number of hydrogen-bond donors (Lipinski definition) is 1. The number of halogens is 1. The van der Waals surface area contributed by atoms with Gasteiger partial charge in [-0.05, 0) is 31.0 Å². The average Bonchev–Trinajstić information content (AvgIpc) is 2.99. The lowest BCUT2D eigenvalue weighted by atomic mass is 10.2. The van der Waals surface area contributed by atoms with Gasteiger partial charge < -0.3 is 19.9 Å². The molecule has 6 nitrogen and oxygen atoms in total. The van der Waals surface area contributed by atoms with E-state index in [1.165, 1.54) is 4.90 Å². The Hall–Kier alpha value is -1.79. The molecule has 3 amide bonds. The Bertz CT molecular complexity index is 586. The maximum absolute atomic E-state index is 12.2. The number of anilines is 1. The second-order valence-electron chi connectivity index (χ2n) is 5.84. The van der Waals surface area contributed by atoms with Crippen molar-refractivity contribution in [2.24, 2.45) is 0 Å². The van der Waals surface area contributed by atoms with Crippen molar-refractivity contribution in [2.75, 3.05) is 39.6 Å². The first-order valence-corrected chi connectivity index (χ1v) is 7.91. The Morgan fingerprint density at radius 3 is 2.65 bits per heavy atom. The van der Waals surface area contributed by atoms with Crippen LogP contribution in [0.15, 0.2) is 18.2 Å². The molecule has 1 fully saturated rings. The van der Waals surface area contributed by atoms with Crippen LogP contribution in [0.2, 0.25) is 5.02 Å². The fourth-order valence-corrected chi connectivity index (χ4v) is 2.66. The summed E-state index contributed by atoms with van der Waals surface area (Å²) in [6.07, 6.45) is 2.12. The van der Waals surface area contributed by atoms with Gasteiger partial charge in [-0.2, -0.15) is 0 Å². The minimum atomic E-state index is -0.233. The van der Waals surface area contributed by atoms with Crippen LogP contribution in [-0.2, 0) is 4.74 Å². The van der Waals surface area contributed by atoms with Gasteiger partial charge in [-0.3, -0.25) is 4.79 Å². The summed E-state index contributed by atoms with van der Waals surface area (Å²) in [4.78, 5) is 27.2. The van der Waals surface area contributed by atoms with Gasteiger partial charge in [0.15, 0.2) is 0 Å². The minimum absolute atomic E-state index is 0.106. The summed E-state index contributed by atoms with van der Waals surface area (Å²) >= 11 is 6.14. The zero-order chi connectivity index (χ0) is 17.0. The van der Waals surface area contributed by atoms with Crippen molar-refractivity contribution in [3.63, 3.8) is 0 Å². The SMILES string of the molecule is CN(C)C(=O)c1ccc(NC(=O)N(C)CC2CCCO2)cc1Cl. The van der Waals surface area contributed by atoms with Crippen LogP contribution in [0.25, 0.3) is 0 Å². The maximum Gasteiger partial charge on any atom is 0.321 e. The molecule has 0 radical (unpaired) electrons. The third kappa shape index (κ3) is 4.59. The lowest BCUT2D eigenvalue weighted by Gasteiger charge is -2.21. The van der Waals surface area contributed by atoms with Crippen LogP contribution in [0.3, 0.4) is 0 Å². The minimum Gasteiger partial charge on any atom is -0.376 e. The summed E-state index contributed by atoms with van der Waals surface area (Å²) in [5, 5.41) is 3.08. The Morgan fingerprint density at radius 2 is 2.09 bits per heavy atom. The van der Waals surface area contributed by atoms with E-state index < -0.39 is 0 Å². The fourth-order valence-electron chi connectivity index (χ4n) is 2.40. The first-order chi connectivity index (χ1) is 10.9. The molecule has 126 valence electrons. The number of likely N-dealkylation sites (N-methyl/N-ethyl adjacent to an activating group) is 1. The number of ether oxygens (including phenoxy) is 1. The molecule has 0 aromatic heterocycles. The lowest BCUT2D eigenvalue weighted by molar-refractivity contribution is 0.0827. The van der Waals surface area contributed by atoms with E-state index in [4.69, 9.17) is 16.3 Å². The number of rotatable bonds is 4. The molecule has 1 atom stereocenters. The summed E-state index contributed by atoms with van der Waals surface area (Å²) in [6, 6.07) is 4.62. The number of urea groups is 1. The molecule has 1 unspecified atom stereocenters. The van der Waals surface area contributed by atoms with Gasteiger partial charge in [0.25, 0.3) is 5.91 Å². The number of carbonyl (C=O) groups excluding carboxylic acids is 2. The summed E-state index contributed by atoms with van der Waals surface area (Å²) in [5.41, 5.74) is 0.955. The molecule has 1 N–H and O–H groups in total. The van der Waals surface area contributed by atoms with E-state index in [0.29, 0.717) is 22.8 Å². The monoisotopic (exact) mass is 339 g/mol. The Kier molecular flexibility index (Phi) is 5.85. The first kappa shape index (κ1) is 17.6. The number of nitrogens with zero attached hydrogens (tertiary/aromatic N) is 2. The van der Waals surface area contributed by atoms with Crippen molar-refractivity contribution in [2.45, 2.75) is 18.9 Å². The van der Waals surface area contributed by atoms with Crippen molar-refractivity contribution < 1.29 is 14.3 Å². The van der Waals surface area contributed by atoms with Gasteiger partial charge in [0.2, 0.25) is 0 Å². The van der Waals surface area contributed by atoms with Gasteiger partial charge in [-0.1, -0.05) is 11.6 Å². The second-order valence-corrected chi connectivity index (χ2v) is 6.25. The van der Waals surface area contributed by atoms with Gasteiger partial charge in [0, 0.05) is 40.0 Å². The van der Waals surface area contributed by atoms with Crippen molar-refractivity contribution in [1.29, 1.82) is 0 Å². The van der Waals surface area contributed by atoms with Crippen LogP contribution in [0, 0.1) is 0 Å². The van der Waals surface area contributed by atoms with Gasteiger partial charge in [-0.15, -0.1) is 0 Å². The molecule has 0 saturated carbocycles. The average molecular weight is 340 g/mol. The number of benzene rings is 1. The summed E-state index contributed by atoms with van der Waals surface area (Å²) in [7, 11) is 5.05. The third-order valence-corrected chi connectivity index (χ3v) is 4.02. The molecule has 1 aliphatic heterocycles. The van der Waals surface area contributed by atoms with Gasteiger partial charge in [0.1, 0.15) is 0 Å². The van der Waals surface area contributed by atoms with E-state index in [0.717, 1.165) is 19.4 Å².